The molecule has 4 rings (SSSR count). The van der Waals surface area contributed by atoms with Gasteiger partial charge in [-0.15, -0.1) is 0 Å². The molecule has 9 heteroatoms. The molecular weight excluding hydrogens is 421 g/mol. The van der Waals surface area contributed by atoms with Crippen molar-refractivity contribution < 1.29 is 14.3 Å². The maximum absolute atomic E-state index is 13.7. The number of fused-ring (bicyclic) bond motifs is 1. The summed E-state index contributed by atoms with van der Waals surface area (Å²) in [7, 11) is 0. The zero-order valence-corrected chi connectivity index (χ0v) is 17.7. The summed E-state index contributed by atoms with van der Waals surface area (Å²) in [6.07, 6.45) is 0. The van der Waals surface area contributed by atoms with Crippen molar-refractivity contribution in [3.05, 3.63) is 64.4 Å². The van der Waals surface area contributed by atoms with Crippen LogP contribution < -0.4 is 15.5 Å². The molecule has 0 unspecified atom stereocenters. The number of amides is 2. The van der Waals surface area contributed by atoms with Crippen LogP contribution >= 0.6 is 11.6 Å². The number of carbonyl (C=O) groups is 1. The number of carbonyl (C=O) groups excluding carboxylic acids is 1. The molecule has 0 radical (unpaired) electrons. The van der Waals surface area contributed by atoms with Crippen LogP contribution in [0.2, 0.25) is 5.02 Å². The van der Waals surface area contributed by atoms with Crippen LogP contribution in [0.1, 0.15) is 18.1 Å². The SMILES string of the molecule is Cc1cc(F)ccc1-c1nc(N[C@@H](C)CO)nc2c1CNC(=O)N2c1ccccc1Cl. The van der Waals surface area contributed by atoms with Crippen molar-refractivity contribution in [1.82, 2.24) is 15.3 Å². The van der Waals surface area contributed by atoms with Gasteiger partial charge in [-0.1, -0.05) is 23.7 Å². The quantitative estimate of drug-likeness (QED) is 0.546. The Balaban J connectivity index is 1.96. The highest BCUT2D eigenvalue weighted by Crippen LogP contribution is 2.39. The molecule has 0 saturated carbocycles. The third kappa shape index (κ3) is 4.04. The lowest BCUT2D eigenvalue weighted by atomic mass is 10.00. The summed E-state index contributed by atoms with van der Waals surface area (Å²) >= 11 is 6.38. The Morgan fingerprint density at radius 2 is 2.06 bits per heavy atom. The molecule has 31 heavy (non-hydrogen) atoms. The van der Waals surface area contributed by atoms with E-state index in [-0.39, 0.29) is 37.0 Å². The standard InChI is InChI=1S/C22H21ClFN5O2/c1-12-9-14(24)7-8-15(12)19-16-10-25-22(31)29(18-6-4-3-5-17(18)23)20(16)28-21(27-19)26-13(2)11-30/h3-9,13,30H,10-11H2,1-2H3,(H,25,31)(H,26,27,28)/t13-/m0/s1. The predicted octanol–water partition coefficient (Wildman–Crippen LogP) is 4.40. The minimum absolute atomic E-state index is 0.125. The second kappa shape index (κ2) is 8.49. The number of nitrogens with zero attached hydrogens (tertiary/aromatic N) is 3. The zero-order chi connectivity index (χ0) is 22.1. The van der Waals surface area contributed by atoms with Gasteiger partial charge >= 0.3 is 6.03 Å². The fraction of sp³-hybridized carbons (Fsp3) is 0.227. The number of halogens is 2. The number of benzene rings is 2. The molecule has 7 nitrogen and oxygen atoms in total. The monoisotopic (exact) mass is 441 g/mol. The van der Waals surface area contributed by atoms with E-state index in [1.165, 1.54) is 17.0 Å². The summed E-state index contributed by atoms with van der Waals surface area (Å²) in [5.41, 5.74) is 3.13. The smallest absolute Gasteiger partial charge is 0.328 e. The molecule has 3 aromatic rings. The van der Waals surface area contributed by atoms with Crippen LogP contribution in [0, 0.1) is 12.7 Å². The number of aromatic nitrogens is 2. The lowest BCUT2D eigenvalue weighted by Crippen LogP contribution is -2.42. The van der Waals surface area contributed by atoms with Gasteiger partial charge in [-0.05, 0) is 49.7 Å². The van der Waals surface area contributed by atoms with Crippen molar-refractivity contribution in [1.29, 1.82) is 0 Å². The summed E-state index contributed by atoms with van der Waals surface area (Å²) in [5.74, 6) is 0.270. The lowest BCUT2D eigenvalue weighted by molar-refractivity contribution is 0.247. The number of aryl methyl sites for hydroxylation is 1. The topological polar surface area (TPSA) is 90.4 Å². The Kier molecular flexibility index (Phi) is 5.75. The zero-order valence-electron chi connectivity index (χ0n) is 17.0. The van der Waals surface area contributed by atoms with Crippen LogP contribution in [0.25, 0.3) is 11.3 Å². The first-order valence-electron chi connectivity index (χ1n) is 9.76. The molecule has 2 heterocycles. The third-order valence-corrected chi connectivity index (χ3v) is 5.32. The van der Waals surface area contributed by atoms with E-state index in [0.717, 1.165) is 5.56 Å². The van der Waals surface area contributed by atoms with E-state index in [1.807, 2.05) is 0 Å². The predicted molar refractivity (Wildman–Crippen MR) is 118 cm³/mol. The van der Waals surface area contributed by atoms with Gasteiger partial charge in [0, 0.05) is 17.2 Å². The maximum atomic E-state index is 13.7. The van der Waals surface area contributed by atoms with Gasteiger partial charge in [-0.2, -0.15) is 4.98 Å². The Labute approximate surface area is 183 Å². The summed E-state index contributed by atoms with van der Waals surface area (Å²) in [6, 6.07) is 10.7. The normalized spacial score (nSPS) is 14.1. The Hall–Kier alpha value is -3.23. The number of urea groups is 1. The van der Waals surface area contributed by atoms with E-state index < -0.39 is 0 Å². The van der Waals surface area contributed by atoms with Gasteiger partial charge in [0.2, 0.25) is 5.95 Å². The van der Waals surface area contributed by atoms with Crippen LogP contribution in [0.4, 0.5) is 26.6 Å². The van der Waals surface area contributed by atoms with Crippen molar-refractivity contribution in [3.8, 4) is 11.3 Å². The van der Waals surface area contributed by atoms with E-state index in [9.17, 15) is 14.3 Å². The first kappa shape index (κ1) is 21.0. The van der Waals surface area contributed by atoms with E-state index in [0.29, 0.717) is 33.3 Å². The number of aliphatic hydroxyl groups excluding tert-OH is 1. The fourth-order valence-corrected chi connectivity index (χ4v) is 3.68. The lowest BCUT2D eigenvalue weighted by Gasteiger charge is -2.31. The van der Waals surface area contributed by atoms with Gasteiger partial charge < -0.3 is 15.7 Å². The van der Waals surface area contributed by atoms with Crippen LogP contribution in [-0.2, 0) is 6.54 Å². The number of para-hydroxylation sites is 1. The Morgan fingerprint density at radius 3 is 2.77 bits per heavy atom. The molecule has 1 aromatic heterocycles. The number of anilines is 3. The number of hydrogen-bond donors (Lipinski definition) is 3. The molecule has 1 aliphatic rings. The van der Waals surface area contributed by atoms with Gasteiger partial charge in [0.05, 0.1) is 29.6 Å². The van der Waals surface area contributed by atoms with Crippen LogP contribution in [0.5, 0.6) is 0 Å². The third-order valence-electron chi connectivity index (χ3n) is 5.00. The average molecular weight is 442 g/mol. The van der Waals surface area contributed by atoms with Crippen molar-refractivity contribution in [3.63, 3.8) is 0 Å². The van der Waals surface area contributed by atoms with Crippen molar-refractivity contribution in [2.24, 2.45) is 0 Å². The molecule has 0 spiro atoms. The van der Waals surface area contributed by atoms with E-state index >= 15 is 0 Å². The number of aliphatic hydroxyl groups is 1. The molecule has 2 amide bonds. The van der Waals surface area contributed by atoms with Crippen LogP contribution in [0.15, 0.2) is 42.5 Å². The second-order valence-electron chi connectivity index (χ2n) is 7.33. The highest BCUT2D eigenvalue weighted by Gasteiger charge is 2.32. The highest BCUT2D eigenvalue weighted by atomic mass is 35.5. The van der Waals surface area contributed by atoms with Crippen molar-refractivity contribution >= 4 is 35.1 Å². The van der Waals surface area contributed by atoms with Gasteiger partial charge in [-0.25, -0.2) is 19.1 Å². The molecule has 1 atom stereocenters. The number of hydrogen-bond acceptors (Lipinski definition) is 5. The first-order valence-corrected chi connectivity index (χ1v) is 10.1. The molecular formula is C22H21ClFN5O2. The van der Waals surface area contributed by atoms with Crippen molar-refractivity contribution in [2.45, 2.75) is 26.4 Å². The summed E-state index contributed by atoms with van der Waals surface area (Å²) < 4.78 is 13.7. The average Bonchev–Trinajstić information content (AvgIpc) is 2.74. The van der Waals surface area contributed by atoms with Gasteiger partial charge in [0.1, 0.15) is 5.82 Å². The van der Waals surface area contributed by atoms with Gasteiger partial charge in [0.25, 0.3) is 0 Å². The molecule has 0 aliphatic carbocycles. The summed E-state index contributed by atoms with van der Waals surface area (Å²) in [4.78, 5) is 23.5. The van der Waals surface area contributed by atoms with E-state index in [4.69, 9.17) is 11.6 Å². The maximum Gasteiger partial charge on any atom is 0.328 e. The minimum atomic E-state index is -0.373. The fourth-order valence-electron chi connectivity index (χ4n) is 3.46. The van der Waals surface area contributed by atoms with Gasteiger partial charge in [0.15, 0.2) is 5.82 Å². The summed E-state index contributed by atoms with van der Waals surface area (Å²) in [6.45, 7) is 3.66. The van der Waals surface area contributed by atoms with E-state index in [2.05, 4.69) is 20.6 Å². The molecule has 0 fully saturated rings. The first-order chi connectivity index (χ1) is 14.9. The van der Waals surface area contributed by atoms with Crippen LogP contribution in [0.3, 0.4) is 0 Å². The molecule has 2 aromatic carbocycles. The molecule has 0 saturated heterocycles. The summed E-state index contributed by atoms with van der Waals surface area (Å²) in [5, 5.41) is 15.7. The van der Waals surface area contributed by atoms with Gasteiger partial charge in [-0.3, -0.25) is 0 Å². The number of nitrogens with one attached hydrogen (secondary N) is 2. The minimum Gasteiger partial charge on any atom is -0.394 e. The van der Waals surface area contributed by atoms with Crippen molar-refractivity contribution in [2.75, 3.05) is 16.8 Å². The second-order valence-corrected chi connectivity index (χ2v) is 7.74. The Bertz CT molecular complexity index is 1160. The largest absolute Gasteiger partial charge is 0.394 e. The van der Waals surface area contributed by atoms with Crippen LogP contribution in [-0.4, -0.2) is 33.8 Å². The molecule has 3 N–H and O–H groups in total. The Morgan fingerprint density at radius 1 is 1.29 bits per heavy atom. The molecule has 160 valence electrons. The van der Waals surface area contributed by atoms with E-state index in [1.54, 1.807) is 44.2 Å². The number of rotatable bonds is 5. The highest BCUT2D eigenvalue weighted by molar-refractivity contribution is 6.34. The molecule has 1 aliphatic heterocycles. The molecule has 0 bridgehead atoms.